The average molecular weight is 441 g/mol. The van der Waals surface area contributed by atoms with Crippen molar-refractivity contribution in [3.8, 4) is 0 Å². The molecule has 0 radical (unpaired) electrons. The third-order valence-corrected chi connectivity index (χ3v) is 6.58. The molecule has 2 aliphatic heterocycles. The first-order chi connectivity index (χ1) is 14.1. The van der Waals surface area contributed by atoms with E-state index in [9.17, 15) is 14.0 Å². The Balaban J connectivity index is 1.79. The number of esters is 1. The van der Waals surface area contributed by atoms with E-state index in [0.29, 0.717) is 42.4 Å². The Morgan fingerprint density at radius 3 is 3.10 bits per heavy atom. The van der Waals surface area contributed by atoms with Crippen molar-refractivity contribution in [2.75, 3.05) is 37.7 Å². The number of aliphatic imine (C=N–C) groups is 1. The molecular formula is C19H25FN4O3S2. The van der Waals surface area contributed by atoms with Crippen molar-refractivity contribution in [1.82, 2.24) is 15.2 Å². The number of aldehydes is 1. The Bertz CT molecular complexity index is 770. The van der Waals surface area contributed by atoms with Gasteiger partial charge in [0.1, 0.15) is 12.5 Å². The number of carbonyl (C=O) groups is 2. The summed E-state index contributed by atoms with van der Waals surface area (Å²) in [5.74, 6) is 1.39. The summed E-state index contributed by atoms with van der Waals surface area (Å²) >= 11 is 3.01. The lowest BCUT2D eigenvalue weighted by Gasteiger charge is -2.38. The number of piperidine rings is 1. The Hall–Kier alpha value is -1.78. The van der Waals surface area contributed by atoms with Gasteiger partial charge < -0.3 is 14.8 Å². The molecule has 3 rings (SSSR count). The van der Waals surface area contributed by atoms with Crippen LogP contribution < -0.4 is 5.32 Å². The summed E-state index contributed by atoms with van der Waals surface area (Å²) in [5, 5.41) is 5.85. The zero-order chi connectivity index (χ0) is 20.6. The number of hydrogen-bond acceptors (Lipinski definition) is 9. The molecule has 1 saturated heterocycles. The number of alkyl halides is 1. The molecule has 158 valence electrons. The van der Waals surface area contributed by atoms with E-state index in [1.165, 1.54) is 11.3 Å². The summed E-state index contributed by atoms with van der Waals surface area (Å²) in [7, 11) is 0. The maximum atomic E-state index is 14.2. The molecule has 10 heteroatoms. The van der Waals surface area contributed by atoms with Crippen molar-refractivity contribution in [1.29, 1.82) is 0 Å². The predicted octanol–water partition coefficient (Wildman–Crippen LogP) is 2.04. The molecule has 2 atom stereocenters. The van der Waals surface area contributed by atoms with Crippen LogP contribution in [0, 0.1) is 0 Å². The van der Waals surface area contributed by atoms with Crippen molar-refractivity contribution in [2.45, 2.75) is 32.0 Å². The summed E-state index contributed by atoms with van der Waals surface area (Å²) in [5.41, 5.74) is 1.15. The van der Waals surface area contributed by atoms with Crippen LogP contribution in [0.2, 0.25) is 0 Å². The van der Waals surface area contributed by atoms with Crippen molar-refractivity contribution in [2.24, 2.45) is 4.99 Å². The van der Waals surface area contributed by atoms with Crippen LogP contribution in [0.15, 0.2) is 27.8 Å². The summed E-state index contributed by atoms with van der Waals surface area (Å²) < 4.78 is 19.4. The molecule has 0 amide bonds. The van der Waals surface area contributed by atoms with Gasteiger partial charge in [0, 0.05) is 47.9 Å². The fraction of sp³-hybridized carbons (Fsp3) is 0.579. The number of likely N-dealkylation sites (tertiary alicyclic amines) is 1. The summed E-state index contributed by atoms with van der Waals surface area (Å²) in [6.45, 7) is 2.94. The number of ether oxygens (including phenoxy) is 1. The monoisotopic (exact) mass is 440 g/mol. The average Bonchev–Trinajstić information content (AvgIpc) is 3.25. The van der Waals surface area contributed by atoms with Gasteiger partial charge in [-0.3, -0.25) is 9.89 Å². The third-order valence-electron chi connectivity index (χ3n) is 4.81. The number of thiazole rings is 1. The molecule has 29 heavy (non-hydrogen) atoms. The van der Waals surface area contributed by atoms with Crippen molar-refractivity contribution >= 4 is 41.2 Å². The van der Waals surface area contributed by atoms with E-state index in [0.717, 1.165) is 23.5 Å². The van der Waals surface area contributed by atoms with Crippen LogP contribution in [0.4, 0.5) is 4.39 Å². The number of thioether (sulfide) groups is 1. The number of nitrogens with zero attached hydrogens (tertiary/aromatic N) is 3. The maximum absolute atomic E-state index is 14.2. The molecule has 0 aromatic carbocycles. The van der Waals surface area contributed by atoms with Gasteiger partial charge >= 0.3 is 5.97 Å². The molecule has 3 heterocycles. The van der Waals surface area contributed by atoms with E-state index in [2.05, 4.69) is 20.2 Å². The molecular weight excluding hydrogens is 415 g/mol. The molecule has 0 saturated carbocycles. The zero-order valence-corrected chi connectivity index (χ0v) is 17.9. The zero-order valence-electron chi connectivity index (χ0n) is 16.3. The number of halogens is 1. The van der Waals surface area contributed by atoms with Crippen molar-refractivity contribution < 1.29 is 18.7 Å². The van der Waals surface area contributed by atoms with Gasteiger partial charge in [0.15, 0.2) is 10.8 Å². The third kappa shape index (κ3) is 5.86. The number of aromatic nitrogens is 1. The molecule has 1 aromatic heterocycles. The minimum atomic E-state index is -0.898. The number of carbonyl (C=O) groups excluding carboxylic acids is 2. The van der Waals surface area contributed by atoms with E-state index in [4.69, 9.17) is 4.74 Å². The highest BCUT2D eigenvalue weighted by Crippen LogP contribution is 2.25. The Kier molecular flexibility index (Phi) is 8.19. The van der Waals surface area contributed by atoms with Gasteiger partial charge in [-0.05, 0) is 19.8 Å². The fourth-order valence-corrected chi connectivity index (χ4v) is 4.88. The lowest BCUT2D eigenvalue weighted by atomic mass is 10.0. The molecule has 2 unspecified atom stereocenters. The second-order valence-electron chi connectivity index (χ2n) is 6.77. The van der Waals surface area contributed by atoms with E-state index < -0.39 is 12.1 Å². The molecule has 7 nitrogen and oxygen atoms in total. The Morgan fingerprint density at radius 2 is 2.38 bits per heavy atom. The van der Waals surface area contributed by atoms with Crippen LogP contribution >= 0.6 is 23.1 Å². The van der Waals surface area contributed by atoms with Gasteiger partial charge in [-0.15, -0.1) is 11.3 Å². The van der Waals surface area contributed by atoms with Gasteiger partial charge in [-0.2, -0.15) is 11.8 Å². The van der Waals surface area contributed by atoms with E-state index in [-0.39, 0.29) is 19.2 Å². The molecule has 1 fully saturated rings. The second kappa shape index (κ2) is 10.8. The molecule has 0 spiro atoms. The number of nitrogens with one attached hydrogen (secondary N) is 1. The van der Waals surface area contributed by atoms with Gasteiger partial charge in [-0.1, -0.05) is 0 Å². The predicted molar refractivity (Wildman–Crippen MR) is 113 cm³/mol. The second-order valence-corrected chi connectivity index (χ2v) is 8.74. The molecule has 2 aliphatic rings. The fourth-order valence-electron chi connectivity index (χ4n) is 3.40. The number of amidine groups is 1. The van der Waals surface area contributed by atoms with Crippen LogP contribution in [-0.2, 0) is 14.3 Å². The van der Waals surface area contributed by atoms with Crippen LogP contribution in [0.3, 0.4) is 0 Å². The SMILES string of the molecule is CCOC(=O)C1=C(CN2CC(F)CCC2CSCC=O)NC(c2nccs2)=NC1. The van der Waals surface area contributed by atoms with Crippen LogP contribution in [0.25, 0.3) is 0 Å². The summed E-state index contributed by atoms with van der Waals surface area (Å²) in [4.78, 5) is 33.9. The smallest absolute Gasteiger partial charge is 0.337 e. The first kappa shape index (κ1) is 21.9. The highest BCUT2D eigenvalue weighted by molar-refractivity contribution is 7.99. The minimum absolute atomic E-state index is 0.145. The molecule has 1 N–H and O–H groups in total. The van der Waals surface area contributed by atoms with E-state index in [1.807, 2.05) is 5.38 Å². The number of rotatable bonds is 9. The van der Waals surface area contributed by atoms with Gasteiger partial charge in [0.25, 0.3) is 0 Å². The molecule has 0 bridgehead atoms. The topological polar surface area (TPSA) is 83.9 Å². The molecule has 1 aromatic rings. The minimum Gasteiger partial charge on any atom is -0.463 e. The first-order valence-electron chi connectivity index (χ1n) is 9.62. The summed E-state index contributed by atoms with van der Waals surface area (Å²) in [6.07, 6.45) is 2.93. The van der Waals surface area contributed by atoms with Crippen molar-refractivity contribution in [3.05, 3.63) is 27.9 Å². The standard InChI is InChI=1S/C19H25FN4O3S2/c1-2-27-19(26)15-9-22-17(18-21-5-7-29-18)23-16(15)11-24-10-13(20)3-4-14(24)12-28-8-6-25/h5-7,13-14H,2-4,8-12H2,1H3,(H,22,23). The normalized spacial score (nSPS) is 22.8. The van der Waals surface area contributed by atoms with Gasteiger partial charge in [-0.25, -0.2) is 14.2 Å². The van der Waals surface area contributed by atoms with E-state index in [1.54, 1.807) is 24.9 Å². The van der Waals surface area contributed by atoms with Crippen LogP contribution in [0.5, 0.6) is 0 Å². The van der Waals surface area contributed by atoms with Crippen LogP contribution in [0.1, 0.15) is 24.8 Å². The Morgan fingerprint density at radius 1 is 1.52 bits per heavy atom. The maximum Gasteiger partial charge on any atom is 0.337 e. The highest BCUT2D eigenvalue weighted by Gasteiger charge is 2.31. The highest BCUT2D eigenvalue weighted by atomic mass is 32.2. The number of hydrogen-bond donors (Lipinski definition) is 1. The largest absolute Gasteiger partial charge is 0.463 e. The molecule has 0 aliphatic carbocycles. The lowest BCUT2D eigenvalue weighted by molar-refractivity contribution is -0.138. The summed E-state index contributed by atoms with van der Waals surface area (Å²) in [6, 6.07) is 0.145. The van der Waals surface area contributed by atoms with Gasteiger partial charge in [0.2, 0.25) is 0 Å². The van der Waals surface area contributed by atoms with Crippen molar-refractivity contribution in [3.63, 3.8) is 0 Å². The van der Waals surface area contributed by atoms with Gasteiger partial charge in [0.05, 0.1) is 18.7 Å². The van der Waals surface area contributed by atoms with Crippen LogP contribution in [-0.4, -0.2) is 77.9 Å². The lowest BCUT2D eigenvalue weighted by Crippen LogP contribution is -2.49. The first-order valence-corrected chi connectivity index (χ1v) is 11.7. The van der Waals surface area contributed by atoms with E-state index >= 15 is 0 Å². The Labute approximate surface area is 177 Å². The quantitative estimate of drug-likeness (QED) is 0.357.